The topological polar surface area (TPSA) is 26.0 Å². The molecule has 98 valence electrons. The van der Waals surface area contributed by atoms with Crippen molar-refractivity contribution < 1.29 is 0 Å². The summed E-state index contributed by atoms with van der Waals surface area (Å²) in [5.74, 6) is 0.397. The van der Waals surface area contributed by atoms with Gasteiger partial charge in [-0.2, -0.15) is 0 Å². The van der Waals surface area contributed by atoms with Gasteiger partial charge in [-0.05, 0) is 66.8 Å². The van der Waals surface area contributed by atoms with Gasteiger partial charge in [-0.15, -0.1) is 0 Å². The Hall–Kier alpha value is -1.31. The Balaban J connectivity index is 2.28. The van der Waals surface area contributed by atoms with Crippen molar-refractivity contribution in [3.63, 3.8) is 0 Å². The van der Waals surface area contributed by atoms with Gasteiger partial charge in [-0.3, -0.25) is 0 Å². The van der Waals surface area contributed by atoms with Crippen molar-refractivity contribution in [2.45, 2.75) is 26.2 Å². The second kappa shape index (κ2) is 4.66. The van der Waals surface area contributed by atoms with E-state index in [-0.39, 0.29) is 0 Å². The standard InChI is InChI=1S/C17H18ClN/c1-10-7-11(2)17-14(5-6-19)15-9-12(18)3-4-13(15)16(17)8-10/h3-4,7-9,14H,5-6,19H2,1-2H3. The normalized spacial score (nSPS) is 16.3. The summed E-state index contributed by atoms with van der Waals surface area (Å²) in [5.41, 5.74) is 13.9. The third-order valence-corrected chi connectivity index (χ3v) is 4.25. The average molecular weight is 272 g/mol. The Morgan fingerprint density at radius 3 is 2.63 bits per heavy atom. The lowest BCUT2D eigenvalue weighted by atomic mass is 9.90. The lowest BCUT2D eigenvalue weighted by Crippen LogP contribution is -2.07. The summed E-state index contributed by atoms with van der Waals surface area (Å²) in [5, 5.41) is 0.808. The highest BCUT2D eigenvalue weighted by atomic mass is 35.5. The molecule has 2 aromatic rings. The fraction of sp³-hybridized carbons (Fsp3) is 0.294. The van der Waals surface area contributed by atoms with Crippen LogP contribution >= 0.6 is 11.6 Å². The van der Waals surface area contributed by atoms with Crippen molar-refractivity contribution in [1.29, 1.82) is 0 Å². The van der Waals surface area contributed by atoms with E-state index in [4.69, 9.17) is 17.3 Å². The third kappa shape index (κ3) is 1.98. The summed E-state index contributed by atoms with van der Waals surface area (Å²) in [6.45, 7) is 5.05. The van der Waals surface area contributed by atoms with Gasteiger partial charge < -0.3 is 5.73 Å². The van der Waals surface area contributed by atoms with E-state index < -0.39 is 0 Å². The van der Waals surface area contributed by atoms with Crippen LogP contribution in [-0.2, 0) is 0 Å². The summed E-state index contributed by atoms with van der Waals surface area (Å²) >= 11 is 6.17. The van der Waals surface area contributed by atoms with Crippen LogP contribution in [0.25, 0.3) is 11.1 Å². The Bertz CT molecular complexity index is 646. The lowest BCUT2D eigenvalue weighted by molar-refractivity contribution is 0.737. The zero-order valence-electron chi connectivity index (χ0n) is 11.3. The van der Waals surface area contributed by atoms with E-state index in [9.17, 15) is 0 Å². The van der Waals surface area contributed by atoms with Gasteiger partial charge in [0.25, 0.3) is 0 Å². The molecule has 0 bridgehead atoms. The molecule has 0 radical (unpaired) electrons. The predicted octanol–water partition coefficient (Wildman–Crippen LogP) is 4.42. The number of hydrogen-bond donors (Lipinski definition) is 1. The maximum atomic E-state index is 6.17. The Morgan fingerprint density at radius 1 is 1.11 bits per heavy atom. The van der Waals surface area contributed by atoms with Crippen LogP contribution in [0.4, 0.5) is 0 Å². The molecule has 0 aliphatic heterocycles. The van der Waals surface area contributed by atoms with Crippen LogP contribution < -0.4 is 5.73 Å². The zero-order valence-corrected chi connectivity index (χ0v) is 12.1. The molecular formula is C17H18ClN. The number of hydrogen-bond acceptors (Lipinski definition) is 1. The molecule has 1 atom stereocenters. The molecule has 0 fully saturated rings. The number of aryl methyl sites for hydroxylation is 2. The smallest absolute Gasteiger partial charge is 0.0409 e. The van der Waals surface area contributed by atoms with Gasteiger partial charge in [0, 0.05) is 10.9 Å². The molecule has 2 heteroatoms. The summed E-state index contributed by atoms with van der Waals surface area (Å²) in [6, 6.07) is 10.8. The molecule has 0 saturated heterocycles. The number of benzene rings is 2. The lowest BCUT2D eigenvalue weighted by Gasteiger charge is -2.15. The molecule has 1 unspecified atom stereocenters. The van der Waals surface area contributed by atoms with Crippen LogP contribution in [0.15, 0.2) is 30.3 Å². The van der Waals surface area contributed by atoms with E-state index in [1.165, 1.54) is 33.4 Å². The zero-order chi connectivity index (χ0) is 13.6. The fourth-order valence-corrected chi connectivity index (χ4v) is 3.53. The van der Waals surface area contributed by atoms with Gasteiger partial charge in [0.1, 0.15) is 0 Å². The van der Waals surface area contributed by atoms with Crippen LogP contribution in [0.5, 0.6) is 0 Å². The summed E-state index contributed by atoms with van der Waals surface area (Å²) in [6.07, 6.45) is 0.976. The molecule has 1 nitrogen and oxygen atoms in total. The van der Waals surface area contributed by atoms with Gasteiger partial charge in [-0.1, -0.05) is 35.4 Å². The summed E-state index contributed by atoms with van der Waals surface area (Å²) in [7, 11) is 0. The summed E-state index contributed by atoms with van der Waals surface area (Å²) in [4.78, 5) is 0. The SMILES string of the molecule is Cc1cc(C)c2c(c1)-c1ccc(Cl)cc1C2CCN. The molecule has 0 amide bonds. The number of nitrogens with two attached hydrogens (primary N) is 1. The maximum absolute atomic E-state index is 6.17. The molecule has 1 aliphatic rings. The van der Waals surface area contributed by atoms with Crippen LogP contribution in [0.3, 0.4) is 0 Å². The average Bonchev–Trinajstić information content (AvgIpc) is 2.64. The van der Waals surface area contributed by atoms with Crippen molar-refractivity contribution in [3.05, 3.63) is 57.6 Å². The Kier molecular flexibility index (Phi) is 3.12. The first-order chi connectivity index (χ1) is 9.11. The van der Waals surface area contributed by atoms with E-state index in [1.807, 2.05) is 6.07 Å². The maximum Gasteiger partial charge on any atom is 0.0409 e. The molecule has 0 heterocycles. The first kappa shape index (κ1) is 12.7. The number of halogens is 1. The summed E-state index contributed by atoms with van der Waals surface area (Å²) < 4.78 is 0. The van der Waals surface area contributed by atoms with E-state index >= 15 is 0 Å². The molecule has 0 saturated carbocycles. The first-order valence-electron chi connectivity index (χ1n) is 6.73. The van der Waals surface area contributed by atoms with Gasteiger partial charge in [0.2, 0.25) is 0 Å². The largest absolute Gasteiger partial charge is 0.330 e. The van der Waals surface area contributed by atoms with Gasteiger partial charge in [0.05, 0.1) is 0 Å². The highest BCUT2D eigenvalue weighted by Gasteiger charge is 2.29. The quantitative estimate of drug-likeness (QED) is 0.860. The molecule has 0 spiro atoms. The molecule has 1 aliphatic carbocycles. The van der Waals surface area contributed by atoms with E-state index in [0.29, 0.717) is 12.5 Å². The van der Waals surface area contributed by atoms with Crippen molar-refractivity contribution in [2.24, 2.45) is 5.73 Å². The van der Waals surface area contributed by atoms with Crippen LogP contribution in [0.1, 0.15) is 34.6 Å². The van der Waals surface area contributed by atoms with Crippen molar-refractivity contribution >= 4 is 11.6 Å². The minimum Gasteiger partial charge on any atom is -0.330 e. The van der Waals surface area contributed by atoms with Crippen LogP contribution in [0.2, 0.25) is 5.02 Å². The Morgan fingerprint density at radius 2 is 1.89 bits per heavy atom. The number of rotatable bonds is 2. The minimum absolute atomic E-state index is 0.397. The van der Waals surface area contributed by atoms with Crippen LogP contribution in [-0.4, -0.2) is 6.54 Å². The van der Waals surface area contributed by atoms with Crippen molar-refractivity contribution in [1.82, 2.24) is 0 Å². The first-order valence-corrected chi connectivity index (χ1v) is 7.10. The van der Waals surface area contributed by atoms with Crippen molar-refractivity contribution in [3.8, 4) is 11.1 Å². The molecule has 2 aromatic carbocycles. The monoisotopic (exact) mass is 271 g/mol. The molecule has 3 rings (SSSR count). The van der Waals surface area contributed by atoms with E-state index in [2.05, 4.69) is 38.1 Å². The minimum atomic E-state index is 0.397. The van der Waals surface area contributed by atoms with Gasteiger partial charge >= 0.3 is 0 Å². The highest BCUT2D eigenvalue weighted by Crippen LogP contribution is 2.48. The van der Waals surface area contributed by atoms with E-state index in [1.54, 1.807) is 0 Å². The molecular weight excluding hydrogens is 254 g/mol. The third-order valence-electron chi connectivity index (χ3n) is 4.01. The second-order valence-electron chi connectivity index (χ2n) is 5.40. The fourth-order valence-electron chi connectivity index (χ4n) is 3.35. The Labute approximate surface area is 119 Å². The molecule has 0 aromatic heterocycles. The predicted molar refractivity (Wildman–Crippen MR) is 81.9 cm³/mol. The van der Waals surface area contributed by atoms with Gasteiger partial charge in [-0.25, -0.2) is 0 Å². The highest BCUT2D eigenvalue weighted by molar-refractivity contribution is 6.30. The van der Waals surface area contributed by atoms with E-state index in [0.717, 1.165) is 11.4 Å². The van der Waals surface area contributed by atoms with Crippen molar-refractivity contribution in [2.75, 3.05) is 6.54 Å². The van der Waals surface area contributed by atoms with Gasteiger partial charge in [0.15, 0.2) is 0 Å². The molecule has 19 heavy (non-hydrogen) atoms. The number of fused-ring (bicyclic) bond motifs is 3. The van der Waals surface area contributed by atoms with Crippen LogP contribution in [0, 0.1) is 13.8 Å². The molecule has 2 N–H and O–H groups in total. The second-order valence-corrected chi connectivity index (χ2v) is 5.84.